The van der Waals surface area contributed by atoms with Crippen LogP contribution < -0.4 is 20.7 Å². The molecular formula is C35H31NSi. The molecule has 1 nitrogen and oxygen atoms in total. The summed E-state index contributed by atoms with van der Waals surface area (Å²) in [5.41, 5.74) is 5.43. The number of aliphatic imine (C=N–C) groups is 1. The molecule has 5 aromatic carbocycles. The van der Waals surface area contributed by atoms with Crippen molar-refractivity contribution in [3.8, 4) is 11.1 Å². The maximum Gasteiger partial charge on any atom is 0.179 e. The van der Waals surface area contributed by atoms with Gasteiger partial charge in [-0.25, -0.2) is 0 Å². The smallest absolute Gasteiger partial charge is 0.179 e. The van der Waals surface area contributed by atoms with Crippen molar-refractivity contribution in [2.24, 2.45) is 4.99 Å². The molecule has 0 heterocycles. The van der Waals surface area contributed by atoms with Crippen LogP contribution in [0, 0.1) is 6.92 Å². The van der Waals surface area contributed by atoms with E-state index < -0.39 is 8.07 Å². The van der Waals surface area contributed by atoms with Gasteiger partial charge in [-0.05, 0) is 57.4 Å². The zero-order chi connectivity index (χ0) is 25.7. The lowest BCUT2D eigenvalue weighted by Gasteiger charge is -2.34. The Hall–Kier alpha value is -4.27. The molecular weight excluding hydrogens is 462 g/mol. The number of nitrogens with zero attached hydrogens (tertiary/aromatic N) is 1. The third kappa shape index (κ3) is 4.64. The zero-order valence-corrected chi connectivity index (χ0v) is 22.4. The van der Waals surface area contributed by atoms with Crippen LogP contribution in [0.1, 0.15) is 18.1 Å². The highest BCUT2D eigenvalue weighted by Gasteiger charge is 2.41. The van der Waals surface area contributed by atoms with Crippen LogP contribution >= 0.6 is 0 Å². The lowest BCUT2D eigenvalue weighted by molar-refractivity contribution is 1.39. The van der Waals surface area contributed by atoms with Crippen molar-refractivity contribution in [2.45, 2.75) is 13.8 Å². The highest BCUT2D eigenvalue weighted by Crippen LogP contribution is 2.26. The van der Waals surface area contributed by atoms with Crippen molar-refractivity contribution >= 4 is 40.7 Å². The van der Waals surface area contributed by atoms with E-state index >= 15 is 0 Å². The summed E-state index contributed by atoms with van der Waals surface area (Å²) in [6.07, 6.45) is 1.80. The summed E-state index contributed by atoms with van der Waals surface area (Å²) < 4.78 is 0. The van der Waals surface area contributed by atoms with E-state index in [1.165, 1.54) is 37.4 Å². The van der Waals surface area contributed by atoms with E-state index in [4.69, 9.17) is 0 Å². The predicted molar refractivity (Wildman–Crippen MR) is 163 cm³/mol. The van der Waals surface area contributed by atoms with Gasteiger partial charge in [-0.15, -0.1) is 0 Å². The molecule has 5 rings (SSSR count). The molecule has 0 amide bonds. The Morgan fingerprint density at radius 3 is 1.59 bits per heavy atom. The summed E-state index contributed by atoms with van der Waals surface area (Å²) in [6, 6.07) is 48.9. The Morgan fingerprint density at radius 2 is 1.08 bits per heavy atom. The molecule has 0 spiro atoms. The molecule has 0 bridgehead atoms. The van der Waals surface area contributed by atoms with E-state index in [1.54, 1.807) is 6.21 Å². The first-order chi connectivity index (χ1) is 18.1. The summed E-state index contributed by atoms with van der Waals surface area (Å²) in [7, 11) is -2.56. The highest BCUT2D eigenvalue weighted by molar-refractivity contribution is 7.19. The van der Waals surface area contributed by atoms with E-state index in [2.05, 4.69) is 152 Å². The Balaban J connectivity index is 1.78. The first-order valence-corrected chi connectivity index (χ1v) is 14.7. The SMILES string of the molecule is C=C(N=CC)c1cc(-c2cccc([Si](c3ccccc3)(c3ccccc3)c3ccccc3)c2)ccc1C. The molecule has 0 unspecified atom stereocenters. The fraction of sp³-hybridized carbons (Fsp3) is 0.0571. The second-order valence-electron chi connectivity index (χ2n) is 9.29. The molecule has 2 heteroatoms. The molecule has 0 atom stereocenters. The van der Waals surface area contributed by atoms with Crippen molar-refractivity contribution in [1.29, 1.82) is 0 Å². The van der Waals surface area contributed by atoms with Crippen LogP contribution in [0.25, 0.3) is 16.8 Å². The fourth-order valence-corrected chi connectivity index (χ4v) is 10.1. The van der Waals surface area contributed by atoms with E-state index in [0.717, 1.165) is 11.3 Å². The van der Waals surface area contributed by atoms with Gasteiger partial charge in [0.15, 0.2) is 8.07 Å². The minimum Gasteiger partial charge on any atom is -0.262 e. The lowest BCUT2D eigenvalue weighted by atomic mass is 9.98. The first-order valence-electron chi connectivity index (χ1n) is 12.7. The molecule has 0 fully saturated rings. The predicted octanol–water partition coefficient (Wildman–Crippen LogP) is 6.10. The van der Waals surface area contributed by atoms with Gasteiger partial charge < -0.3 is 0 Å². The van der Waals surface area contributed by atoms with Crippen molar-refractivity contribution in [2.75, 3.05) is 0 Å². The minimum absolute atomic E-state index is 0.791. The topological polar surface area (TPSA) is 12.4 Å². The van der Waals surface area contributed by atoms with Gasteiger partial charge in [-0.1, -0.05) is 134 Å². The van der Waals surface area contributed by atoms with E-state index in [0.29, 0.717) is 0 Å². The minimum atomic E-state index is -2.56. The monoisotopic (exact) mass is 493 g/mol. The van der Waals surface area contributed by atoms with Crippen molar-refractivity contribution < 1.29 is 0 Å². The molecule has 0 aliphatic carbocycles. The molecule has 0 N–H and O–H groups in total. The number of hydrogen-bond acceptors (Lipinski definition) is 1. The average Bonchev–Trinajstić information content (AvgIpc) is 2.96. The molecule has 0 aliphatic heterocycles. The zero-order valence-electron chi connectivity index (χ0n) is 21.4. The van der Waals surface area contributed by atoms with Crippen LogP contribution in [0.3, 0.4) is 0 Å². The average molecular weight is 494 g/mol. The van der Waals surface area contributed by atoms with E-state index in [9.17, 15) is 0 Å². The Morgan fingerprint density at radius 1 is 0.595 bits per heavy atom. The van der Waals surface area contributed by atoms with Gasteiger partial charge in [0.2, 0.25) is 0 Å². The van der Waals surface area contributed by atoms with Crippen LogP contribution in [0.5, 0.6) is 0 Å². The summed E-state index contributed by atoms with van der Waals surface area (Å²) in [5.74, 6) is 0. The van der Waals surface area contributed by atoms with Crippen LogP contribution in [0.2, 0.25) is 0 Å². The summed E-state index contributed by atoms with van der Waals surface area (Å²) in [6.45, 7) is 8.24. The highest BCUT2D eigenvalue weighted by atomic mass is 28.3. The van der Waals surface area contributed by atoms with Gasteiger partial charge >= 0.3 is 0 Å². The van der Waals surface area contributed by atoms with Crippen molar-refractivity contribution in [3.05, 3.63) is 151 Å². The summed E-state index contributed by atoms with van der Waals surface area (Å²) in [5, 5.41) is 5.49. The third-order valence-electron chi connectivity index (χ3n) is 7.08. The van der Waals surface area contributed by atoms with Crippen LogP contribution in [-0.2, 0) is 0 Å². The standard InChI is InChI=1S/C35H31NSi/c1-4-36-28(3)35-26-30(24-23-27(35)2)29-15-14-22-34(25-29)37(31-16-8-5-9-17-31,32-18-10-6-11-19-32)33-20-12-7-13-21-33/h4-26H,3H2,1-2H3. The van der Waals surface area contributed by atoms with Crippen LogP contribution in [0.15, 0.2) is 145 Å². The molecule has 37 heavy (non-hydrogen) atoms. The molecule has 5 aromatic rings. The molecule has 0 aliphatic rings. The molecule has 0 saturated heterocycles. The molecule has 180 valence electrons. The molecule has 0 radical (unpaired) electrons. The summed E-state index contributed by atoms with van der Waals surface area (Å²) in [4.78, 5) is 4.45. The number of benzene rings is 5. The van der Waals surface area contributed by atoms with Gasteiger partial charge in [0.25, 0.3) is 0 Å². The van der Waals surface area contributed by atoms with Crippen LogP contribution in [-0.4, -0.2) is 14.3 Å². The van der Waals surface area contributed by atoms with Crippen LogP contribution in [0.4, 0.5) is 0 Å². The second kappa shape index (κ2) is 10.8. The number of rotatable bonds is 7. The largest absolute Gasteiger partial charge is 0.262 e. The Bertz CT molecular complexity index is 1440. The first kappa shape index (κ1) is 24.4. The fourth-order valence-electron chi connectivity index (χ4n) is 5.33. The van der Waals surface area contributed by atoms with Crippen molar-refractivity contribution in [3.63, 3.8) is 0 Å². The van der Waals surface area contributed by atoms with Crippen molar-refractivity contribution in [1.82, 2.24) is 0 Å². The maximum atomic E-state index is 4.45. The van der Waals surface area contributed by atoms with E-state index in [-0.39, 0.29) is 0 Å². The van der Waals surface area contributed by atoms with E-state index in [1.807, 2.05) is 6.92 Å². The molecule has 0 aromatic heterocycles. The summed E-state index contributed by atoms with van der Waals surface area (Å²) >= 11 is 0. The van der Waals surface area contributed by atoms with Gasteiger partial charge in [-0.2, -0.15) is 0 Å². The Labute approximate surface area is 221 Å². The quantitative estimate of drug-likeness (QED) is 0.148. The number of hydrogen-bond donors (Lipinski definition) is 0. The lowest BCUT2D eigenvalue weighted by Crippen LogP contribution is -2.74. The Kier molecular flexibility index (Phi) is 7.11. The molecule has 0 saturated carbocycles. The van der Waals surface area contributed by atoms with Gasteiger partial charge in [0.1, 0.15) is 0 Å². The van der Waals surface area contributed by atoms with Gasteiger partial charge in [-0.3, -0.25) is 4.99 Å². The van der Waals surface area contributed by atoms with Gasteiger partial charge in [0, 0.05) is 11.8 Å². The second-order valence-corrected chi connectivity index (χ2v) is 13.1. The maximum absolute atomic E-state index is 4.45. The number of aryl methyl sites for hydroxylation is 1. The third-order valence-corrected chi connectivity index (χ3v) is 11.9. The van der Waals surface area contributed by atoms with Gasteiger partial charge in [0.05, 0.1) is 5.70 Å². The normalized spacial score (nSPS) is 11.5.